The summed E-state index contributed by atoms with van der Waals surface area (Å²) >= 11 is 0. The molecule has 3 aliphatic rings. The highest BCUT2D eigenvalue weighted by atomic mass is 19.1. The summed E-state index contributed by atoms with van der Waals surface area (Å²) in [6, 6.07) is 6.71. The van der Waals surface area contributed by atoms with Gasteiger partial charge in [0.2, 0.25) is 5.91 Å². The van der Waals surface area contributed by atoms with Crippen LogP contribution in [0.4, 0.5) is 4.39 Å². The van der Waals surface area contributed by atoms with Crippen molar-refractivity contribution < 1.29 is 14.3 Å². The first-order valence-electron chi connectivity index (χ1n) is 9.57. The fraction of sp³-hybridized carbons (Fsp3) is 0.650. The highest BCUT2D eigenvalue weighted by Crippen LogP contribution is 2.45. The molecular formula is C20H27FN2O2. The van der Waals surface area contributed by atoms with Gasteiger partial charge in [-0.3, -0.25) is 9.69 Å². The van der Waals surface area contributed by atoms with E-state index >= 15 is 0 Å². The molecular weight excluding hydrogens is 319 g/mol. The van der Waals surface area contributed by atoms with Crippen LogP contribution in [0.15, 0.2) is 24.3 Å². The van der Waals surface area contributed by atoms with Crippen molar-refractivity contribution in [3.05, 3.63) is 35.6 Å². The minimum absolute atomic E-state index is 0.238. The summed E-state index contributed by atoms with van der Waals surface area (Å²) in [5.74, 6) is -0.0382. The number of halogens is 1. The number of nitrogens with zero attached hydrogens (tertiary/aromatic N) is 2. The van der Waals surface area contributed by atoms with Crippen LogP contribution in [0.2, 0.25) is 0 Å². The van der Waals surface area contributed by atoms with Gasteiger partial charge in [0, 0.05) is 25.2 Å². The van der Waals surface area contributed by atoms with Gasteiger partial charge in [0.05, 0.1) is 12.1 Å². The fourth-order valence-corrected chi connectivity index (χ4v) is 4.97. The summed E-state index contributed by atoms with van der Waals surface area (Å²) < 4.78 is 13.2. The van der Waals surface area contributed by atoms with Crippen LogP contribution in [0.5, 0.6) is 0 Å². The standard InChI is InChI=1S/C20H27FN2O2/c21-16-6-4-15(5-7-16)20(25)12-17-8-9-18(13-20)23(17)14-19(24)22-10-2-1-3-11-22/h4-7,17-18,25H,1-3,8-14H2. The average molecular weight is 346 g/mol. The van der Waals surface area contributed by atoms with Gasteiger partial charge in [0.15, 0.2) is 0 Å². The molecule has 4 rings (SSSR count). The molecule has 3 saturated heterocycles. The van der Waals surface area contributed by atoms with Crippen molar-refractivity contribution in [2.24, 2.45) is 0 Å². The maximum atomic E-state index is 13.2. The second kappa shape index (κ2) is 6.69. The van der Waals surface area contributed by atoms with E-state index in [1.54, 1.807) is 12.1 Å². The molecule has 1 amide bonds. The quantitative estimate of drug-likeness (QED) is 0.915. The number of fused-ring (bicyclic) bond motifs is 2. The number of amides is 1. The third kappa shape index (κ3) is 3.32. The van der Waals surface area contributed by atoms with E-state index in [1.165, 1.54) is 18.6 Å². The highest BCUT2D eigenvalue weighted by Gasteiger charge is 2.48. The van der Waals surface area contributed by atoms with Crippen molar-refractivity contribution in [1.82, 2.24) is 9.80 Å². The molecule has 25 heavy (non-hydrogen) atoms. The Morgan fingerprint density at radius 1 is 1.08 bits per heavy atom. The van der Waals surface area contributed by atoms with E-state index in [2.05, 4.69) is 4.90 Å². The summed E-state index contributed by atoms with van der Waals surface area (Å²) in [6.07, 6.45) is 6.77. The van der Waals surface area contributed by atoms with E-state index in [4.69, 9.17) is 0 Å². The predicted molar refractivity (Wildman–Crippen MR) is 93.5 cm³/mol. The minimum Gasteiger partial charge on any atom is -0.385 e. The zero-order chi connectivity index (χ0) is 17.4. The first-order chi connectivity index (χ1) is 12.0. The molecule has 2 bridgehead atoms. The van der Waals surface area contributed by atoms with Crippen LogP contribution in [-0.4, -0.2) is 52.5 Å². The lowest BCUT2D eigenvalue weighted by Gasteiger charge is -2.44. The summed E-state index contributed by atoms with van der Waals surface area (Å²) in [5, 5.41) is 11.2. The first kappa shape index (κ1) is 17.0. The Kier molecular flexibility index (Phi) is 4.54. The van der Waals surface area contributed by atoms with Crippen molar-refractivity contribution in [2.75, 3.05) is 19.6 Å². The van der Waals surface area contributed by atoms with Crippen LogP contribution in [-0.2, 0) is 10.4 Å². The Morgan fingerprint density at radius 2 is 1.68 bits per heavy atom. The Bertz CT molecular complexity index is 613. The normalized spacial score (nSPS) is 32.8. The average Bonchev–Trinajstić information content (AvgIpc) is 2.87. The molecule has 1 N–H and O–H groups in total. The lowest BCUT2D eigenvalue weighted by molar-refractivity contribution is -0.136. The van der Waals surface area contributed by atoms with Crippen LogP contribution in [0.1, 0.15) is 50.5 Å². The van der Waals surface area contributed by atoms with Crippen LogP contribution in [0.25, 0.3) is 0 Å². The van der Waals surface area contributed by atoms with E-state index in [9.17, 15) is 14.3 Å². The van der Waals surface area contributed by atoms with Gasteiger partial charge in [-0.05, 0) is 62.6 Å². The smallest absolute Gasteiger partial charge is 0.236 e. The number of aliphatic hydroxyl groups is 1. The molecule has 3 heterocycles. The van der Waals surface area contributed by atoms with Gasteiger partial charge in [-0.2, -0.15) is 0 Å². The lowest BCUT2D eigenvalue weighted by atomic mass is 9.80. The number of benzene rings is 1. The number of carbonyl (C=O) groups is 1. The van der Waals surface area contributed by atoms with Crippen molar-refractivity contribution >= 4 is 5.91 Å². The minimum atomic E-state index is -0.899. The summed E-state index contributed by atoms with van der Waals surface area (Å²) in [6.45, 7) is 2.26. The molecule has 2 unspecified atom stereocenters. The van der Waals surface area contributed by atoms with Crippen molar-refractivity contribution in [3.8, 4) is 0 Å². The molecule has 4 nitrogen and oxygen atoms in total. The van der Waals surface area contributed by atoms with Crippen molar-refractivity contribution in [3.63, 3.8) is 0 Å². The van der Waals surface area contributed by atoms with Gasteiger partial charge < -0.3 is 10.0 Å². The second-order valence-corrected chi connectivity index (χ2v) is 7.95. The predicted octanol–water partition coefficient (Wildman–Crippen LogP) is 2.65. The number of piperidine rings is 2. The van der Waals surface area contributed by atoms with Gasteiger partial charge in [-0.25, -0.2) is 4.39 Å². The number of carbonyl (C=O) groups excluding carboxylic acids is 1. The van der Waals surface area contributed by atoms with Gasteiger partial charge >= 0.3 is 0 Å². The molecule has 0 aromatic heterocycles. The highest BCUT2D eigenvalue weighted by molar-refractivity contribution is 5.78. The topological polar surface area (TPSA) is 43.8 Å². The van der Waals surface area contributed by atoms with Crippen molar-refractivity contribution in [1.29, 1.82) is 0 Å². The molecule has 2 atom stereocenters. The molecule has 0 radical (unpaired) electrons. The molecule has 3 aliphatic heterocycles. The zero-order valence-corrected chi connectivity index (χ0v) is 14.7. The molecule has 1 aromatic rings. The van der Waals surface area contributed by atoms with Crippen LogP contribution in [0.3, 0.4) is 0 Å². The van der Waals surface area contributed by atoms with Gasteiger partial charge in [-0.15, -0.1) is 0 Å². The lowest BCUT2D eigenvalue weighted by Crippen LogP contribution is -2.53. The third-order valence-corrected chi connectivity index (χ3v) is 6.33. The molecule has 0 saturated carbocycles. The third-order valence-electron chi connectivity index (χ3n) is 6.33. The Balaban J connectivity index is 1.44. The molecule has 0 spiro atoms. The van der Waals surface area contributed by atoms with Crippen molar-refractivity contribution in [2.45, 2.75) is 62.6 Å². The molecule has 136 valence electrons. The van der Waals surface area contributed by atoms with Gasteiger partial charge in [0.1, 0.15) is 5.82 Å². The summed E-state index contributed by atoms with van der Waals surface area (Å²) in [7, 11) is 0. The van der Waals surface area contributed by atoms with Crippen LogP contribution >= 0.6 is 0 Å². The van der Waals surface area contributed by atoms with E-state index in [0.717, 1.165) is 44.3 Å². The fourth-order valence-electron chi connectivity index (χ4n) is 4.97. The second-order valence-electron chi connectivity index (χ2n) is 7.95. The van der Waals surface area contributed by atoms with E-state index in [-0.39, 0.29) is 23.8 Å². The summed E-state index contributed by atoms with van der Waals surface area (Å²) in [5.41, 5.74) is -0.0997. The maximum Gasteiger partial charge on any atom is 0.236 e. The summed E-state index contributed by atoms with van der Waals surface area (Å²) in [4.78, 5) is 17.0. The molecule has 3 fully saturated rings. The Labute approximate surface area is 148 Å². The van der Waals surface area contributed by atoms with E-state index in [0.29, 0.717) is 19.4 Å². The Hall–Kier alpha value is -1.46. The number of hydrogen-bond acceptors (Lipinski definition) is 3. The number of hydrogen-bond donors (Lipinski definition) is 1. The van der Waals surface area contributed by atoms with E-state index < -0.39 is 5.60 Å². The Morgan fingerprint density at radius 3 is 2.28 bits per heavy atom. The molecule has 1 aromatic carbocycles. The van der Waals surface area contributed by atoms with Gasteiger partial charge in [-0.1, -0.05) is 12.1 Å². The van der Waals surface area contributed by atoms with Crippen LogP contribution < -0.4 is 0 Å². The monoisotopic (exact) mass is 346 g/mol. The number of likely N-dealkylation sites (tertiary alicyclic amines) is 1. The van der Waals surface area contributed by atoms with E-state index in [1.807, 2.05) is 4.90 Å². The number of rotatable bonds is 3. The zero-order valence-electron chi connectivity index (χ0n) is 14.7. The van der Waals surface area contributed by atoms with Crippen LogP contribution in [0, 0.1) is 5.82 Å². The molecule has 5 heteroatoms. The largest absolute Gasteiger partial charge is 0.385 e. The SMILES string of the molecule is O=C(CN1C2CCC1CC(O)(c1ccc(F)cc1)C2)N1CCCCC1. The maximum absolute atomic E-state index is 13.2. The van der Waals surface area contributed by atoms with Gasteiger partial charge in [0.25, 0.3) is 0 Å². The first-order valence-corrected chi connectivity index (χ1v) is 9.57. The molecule has 0 aliphatic carbocycles.